The highest BCUT2D eigenvalue weighted by atomic mass is 32.1. The molecule has 1 aromatic carbocycles. The zero-order valence-electron chi connectivity index (χ0n) is 8.71. The lowest BCUT2D eigenvalue weighted by atomic mass is 10.1. The first-order valence-corrected chi connectivity index (χ1v) is 5.93. The highest BCUT2D eigenvalue weighted by Crippen LogP contribution is 2.26. The molecule has 0 unspecified atom stereocenters. The molecule has 0 saturated carbocycles. The molecule has 0 bridgehead atoms. The van der Waals surface area contributed by atoms with Gasteiger partial charge >= 0.3 is 0 Å². The van der Waals surface area contributed by atoms with Gasteiger partial charge in [0.2, 0.25) is 5.43 Å². The number of phenols is 1. The molecule has 0 spiro atoms. The number of aromatic hydroxyl groups is 1. The Kier molecular flexibility index (Phi) is 2.23. The van der Waals surface area contributed by atoms with E-state index in [0.29, 0.717) is 21.6 Å². The van der Waals surface area contributed by atoms with E-state index in [1.165, 1.54) is 17.4 Å². The Labute approximate surface area is 101 Å². The Balaban J connectivity index is 2.27. The third kappa shape index (κ3) is 1.72. The molecule has 0 atom stereocenters. The van der Waals surface area contributed by atoms with Crippen LogP contribution in [0.15, 0.2) is 51.0 Å². The van der Waals surface area contributed by atoms with Crippen molar-refractivity contribution in [3.63, 3.8) is 0 Å². The number of rotatable bonds is 1. The van der Waals surface area contributed by atoms with Crippen LogP contribution in [0.1, 0.15) is 0 Å². The second kappa shape index (κ2) is 3.75. The van der Waals surface area contributed by atoms with Crippen molar-refractivity contribution in [3.8, 4) is 17.1 Å². The van der Waals surface area contributed by atoms with Crippen LogP contribution >= 0.6 is 11.3 Å². The molecule has 2 aromatic heterocycles. The Bertz CT molecular complexity index is 740. The highest BCUT2D eigenvalue weighted by molar-refractivity contribution is 7.17. The number of thiophene rings is 1. The second-order valence-electron chi connectivity index (χ2n) is 3.64. The van der Waals surface area contributed by atoms with Crippen molar-refractivity contribution in [3.05, 3.63) is 52.0 Å². The fourth-order valence-electron chi connectivity index (χ4n) is 1.69. The van der Waals surface area contributed by atoms with Gasteiger partial charge in [-0.1, -0.05) is 12.1 Å². The third-order valence-electron chi connectivity index (χ3n) is 2.47. The van der Waals surface area contributed by atoms with Crippen LogP contribution in [-0.2, 0) is 0 Å². The van der Waals surface area contributed by atoms with E-state index in [1.807, 2.05) is 5.38 Å². The summed E-state index contributed by atoms with van der Waals surface area (Å²) in [6.45, 7) is 0. The number of phenolic OH excluding ortho intramolecular Hbond substituents is 1. The first kappa shape index (κ1) is 10.1. The molecule has 3 rings (SSSR count). The normalized spacial score (nSPS) is 10.8. The van der Waals surface area contributed by atoms with E-state index in [1.54, 1.807) is 30.3 Å². The van der Waals surface area contributed by atoms with Crippen LogP contribution in [-0.4, -0.2) is 5.11 Å². The Morgan fingerprint density at radius 1 is 1.18 bits per heavy atom. The molecule has 4 heteroatoms. The first-order chi connectivity index (χ1) is 8.24. The smallest absolute Gasteiger partial charge is 0.203 e. The van der Waals surface area contributed by atoms with E-state index in [2.05, 4.69) is 0 Å². The van der Waals surface area contributed by atoms with E-state index >= 15 is 0 Å². The number of hydrogen-bond donors (Lipinski definition) is 1. The van der Waals surface area contributed by atoms with Crippen molar-refractivity contribution in [2.75, 3.05) is 0 Å². The summed E-state index contributed by atoms with van der Waals surface area (Å²) in [6.07, 6.45) is 0. The summed E-state index contributed by atoms with van der Waals surface area (Å²) in [5.41, 5.74) is 1.22. The Morgan fingerprint density at radius 2 is 2.06 bits per heavy atom. The van der Waals surface area contributed by atoms with Crippen LogP contribution in [0.3, 0.4) is 0 Å². The minimum Gasteiger partial charge on any atom is -0.508 e. The molecule has 3 aromatic rings. The lowest BCUT2D eigenvalue weighted by molar-refractivity contribution is 0.475. The molecule has 0 saturated heterocycles. The van der Waals surface area contributed by atoms with Crippen LogP contribution in [0.2, 0.25) is 0 Å². The van der Waals surface area contributed by atoms with Gasteiger partial charge in [-0.15, -0.1) is 11.3 Å². The van der Waals surface area contributed by atoms with Crippen molar-refractivity contribution in [2.45, 2.75) is 0 Å². The topological polar surface area (TPSA) is 50.4 Å². The van der Waals surface area contributed by atoms with Crippen LogP contribution < -0.4 is 5.43 Å². The predicted octanol–water partition coefficient (Wildman–Crippen LogP) is 3.23. The molecule has 0 aliphatic carbocycles. The van der Waals surface area contributed by atoms with Crippen molar-refractivity contribution >= 4 is 21.6 Å². The van der Waals surface area contributed by atoms with Gasteiger partial charge in [0.1, 0.15) is 21.8 Å². The van der Waals surface area contributed by atoms with E-state index < -0.39 is 0 Å². The standard InChI is InChI=1S/C13H8O3S/c14-9-3-1-2-8(6-9)12-7-10(15)13-11(16-12)4-5-17-13/h1-7,14H. The number of hydrogen-bond acceptors (Lipinski definition) is 4. The van der Waals surface area contributed by atoms with E-state index in [-0.39, 0.29) is 11.2 Å². The van der Waals surface area contributed by atoms with Crippen LogP contribution in [0.5, 0.6) is 5.75 Å². The van der Waals surface area contributed by atoms with E-state index in [9.17, 15) is 9.90 Å². The maximum atomic E-state index is 11.8. The van der Waals surface area contributed by atoms with Crippen LogP contribution in [0.4, 0.5) is 0 Å². The third-order valence-corrected chi connectivity index (χ3v) is 3.38. The van der Waals surface area contributed by atoms with Gasteiger partial charge in [0.05, 0.1) is 0 Å². The van der Waals surface area contributed by atoms with Crippen LogP contribution in [0, 0.1) is 0 Å². The molecule has 84 valence electrons. The summed E-state index contributed by atoms with van der Waals surface area (Å²) in [5, 5.41) is 11.2. The van der Waals surface area contributed by atoms with E-state index in [0.717, 1.165) is 0 Å². The predicted molar refractivity (Wildman–Crippen MR) is 67.5 cm³/mol. The summed E-state index contributed by atoms with van der Waals surface area (Å²) >= 11 is 1.37. The molecular weight excluding hydrogens is 236 g/mol. The zero-order valence-corrected chi connectivity index (χ0v) is 9.53. The molecule has 1 N–H and O–H groups in total. The Hall–Kier alpha value is -2.07. The summed E-state index contributed by atoms with van der Waals surface area (Å²) in [4.78, 5) is 11.8. The highest BCUT2D eigenvalue weighted by Gasteiger charge is 2.07. The van der Waals surface area contributed by atoms with Crippen molar-refractivity contribution in [2.24, 2.45) is 0 Å². The van der Waals surface area contributed by atoms with Gasteiger partial charge in [0.25, 0.3) is 0 Å². The number of benzene rings is 1. The molecule has 3 nitrogen and oxygen atoms in total. The van der Waals surface area contributed by atoms with Gasteiger partial charge in [-0.05, 0) is 23.6 Å². The van der Waals surface area contributed by atoms with Crippen molar-refractivity contribution in [1.82, 2.24) is 0 Å². The largest absolute Gasteiger partial charge is 0.508 e. The SMILES string of the molecule is O=c1cc(-c2cccc(O)c2)oc2ccsc12. The van der Waals surface area contributed by atoms with Gasteiger partial charge in [-0.3, -0.25) is 4.79 Å². The van der Waals surface area contributed by atoms with Gasteiger partial charge in [0.15, 0.2) is 0 Å². The molecule has 0 aliphatic heterocycles. The molecular formula is C13H8O3S. The van der Waals surface area contributed by atoms with Crippen LogP contribution in [0.25, 0.3) is 21.6 Å². The minimum absolute atomic E-state index is 0.0559. The quantitative estimate of drug-likeness (QED) is 0.715. The van der Waals surface area contributed by atoms with Gasteiger partial charge in [0, 0.05) is 11.6 Å². The molecule has 0 amide bonds. The summed E-state index contributed by atoms with van der Waals surface area (Å²) in [7, 11) is 0. The fraction of sp³-hybridized carbons (Fsp3) is 0. The van der Waals surface area contributed by atoms with E-state index in [4.69, 9.17) is 4.42 Å². The van der Waals surface area contributed by atoms with Gasteiger partial charge in [-0.2, -0.15) is 0 Å². The minimum atomic E-state index is -0.0559. The molecule has 2 heterocycles. The summed E-state index contributed by atoms with van der Waals surface area (Å²) in [5.74, 6) is 0.618. The maximum absolute atomic E-state index is 11.8. The Morgan fingerprint density at radius 3 is 2.88 bits per heavy atom. The molecule has 17 heavy (non-hydrogen) atoms. The second-order valence-corrected chi connectivity index (χ2v) is 4.56. The maximum Gasteiger partial charge on any atom is 0.203 e. The number of fused-ring (bicyclic) bond motifs is 1. The van der Waals surface area contributed by atoms with Gasteiger partial charge in [-0.25, -0.2) is 0 Å². The van der Waals surface area contributed by atoms with Crippen molar-refractivity contribution < 1.29 is 9.52 Å². The molecule has 0 fully saturated rings. The molecule has 0 radical (unpaired) electrons. The van der Waals surface area contributed by atoms with Crippen molar-refractivity contribution in [1.29, 1.82) is 0 Å². The summed E-state index contributed by atoms with van der Waals surface area (Å²) < 4.78 is 6.24. The van der Waals surface area contributed by atoms with Gasteiger partial charge < -0.3 is 9.52 Å². The molecule has 0 aliphatic rings. The summed E-state index contributed by atoms with van der Waals surface area (Å²) in [6, 6.07) is 9.86. The fourth-order valence-corrected chi connectivity index (χ4v) is 2.42. The monoisotopic (exact) mass is 244 g/mol. The first-order valence-electron chi connectivity index (χ1n) is 5.05. The zero-order chi connectivity index (χ0) is 11.8. The lowest BCUT2D eigenvalue weighted by Crippen LogP contribution is -1.97. The lowest BCUT2D eigenvalue weighted by Gasteiger charge is -2.01. The average Bonchev–Trinajstić information content (AvgIpc) is 2.77. The average molecular weight is 244 g/mol.